The molecule has 1 aliphatic rings. The summed E-state index contributed by atoms with van der Waals surface area (Å²) in [6, 6.07) is 4.74. The highest BCUT2D eigenvalue weighted by Gasteiger charge is 2.19. The first kappa shape index (κ1) is 18.5. The predicted molar refractivity (Wildman–Crippen MR) is 91.7 cm³/mol. The highest BCUT2D eigenvalue weighted by atomic mass is 35.5. The Morgan fingerprint density at radius 2 is 2.14 bits per heavy atom. The minimum atomic E-state index is 0. The molecule has 1 aliphatic heterocycles. The van der Waals surface area contributed by atoms with Crippen LogP contribution in [0.2, 0.25) is 0 Å². The monoisotopic (exact) mass is 349 g/mol. The molecule has 3 heterocycles. The van der Waals surface area contributed by atoms with Gasteiger partial charge in [-0.3, -0.25) is 4.90 Å². The molecule has 118 valence electrons. The minimum Gasteiger partial charge on any atom is -0.444 e. The summed E-state index contributed by atoms with van der Waals surface area (Å²) in [5.74, 6) is 0.745. The summed E-state index contributed by atoms with van der Waals surface area (Å²) < 4.78 is 5.55. The summed E-state index contributed by atoms with van der Waals surface area (Å²) >= 11 is 1.66. The Labute approximate surface area is 141 Å². The van der Waals surface area contributed by atoms with Gasteiger partial charge in [-0.15, -0.1) is 36.2 Å². The van der Waals surface area contributed by atoms with Crippen LogP contribution in [0.5, 0.6) is 0 Å². The number of nitrogens with zero attached hydrogens (tertiary/aromatic N) is 2. The van der Waals surface area contributed by atoms with Crippen LogP contribution < -0.4 is 5.32 Å². The molecule has 0 aliphatic carbocycles. The van der Waals surface area contributed by atoms with Crippen LogP contribution in [-0.4, -0.2) is 36.1 Å². The second-order valence-corrected chi connectivity index (χ2v) is 5.91. The number of hydrogen-bond donors (Lipinski definition) is 1. The van der Waals surface area contributed by atoms with Crippen LogP contribution in [0.25, 0.3) is 10.8 Å². The van der Waals surface area contributed by atoms with E-state index in [4.69, 9.17) is 4.42 Å². The highest BCUT2D eigenvalue weighted by molar-refractivity contribution is 7.13. The Hall–Kier alpha value is -0.590. The molecular weight excluding hydrogens is 329 g/mol. The van der Waals surface area contributed by atoms with Crippen molar-refractivity contribution in [1.29, 1.82) is 0 Å². The lowest BCUT2D eigenvalue weighted by atomic mass is 10.1. The van der Waals surface area contributed by atoms with E-state index in [9.17, 15) is 0 Å². The fraction of sp³-hybridized carbons (Fsp3) is 0.500. The Morgan fingerprint density at radius 1 is 1.38 bits per heavy atom. The predicted octanol–water partition coefficient (Wildman–Crippen LogP) is 3.43. The Morgan fingerprint density at radius 3 is 2.76 bits per heavy atom. The highest BCUT2D eigenvalue weighted by Crippen LogP contribution is 2.24. The average molecular weight is 350 g/mol. The van der Waals surface area contributed by atoms with Crippen molar-refractivity contribution >= 4 is 36.2 Å². The number of nitrogens with one attached hydrogen (secondary N) is 1. The van der Waals surface area contributed by atoms with Gasteiger partial charge in [0, 0.05) is 25.7 Å². The van der Waals surface area contributed by atoms with E-state index in [2.05, 4.69) is 15.2 Å². The molecule has 0 amide bonds. The summed E-state index contributed by atoms with van der Waals surface area (Å²) in [7, 11) is 2.05. The number of thiophene rings is 1. The van der Waals surface area contributed by atoms with Crippen LogP contribution in [-0.2, 0) is 6.54 Å². The number of rotatable bonds is 4. The van der Waals surface area contributed by atoms with Gasteiger partial charge in [0.15, 0.2) is 0 Å². The number of piperidine rings is 1. The molecule has 0 saturated carbocycles. The summed E-state index contributed by atoms with van der Waals surface area (Å²) in [5, 5.41) is 5.39. The van der Waals surface area contributed by atoms with Crippen molar-refractivity contribution in [3.05, 3.63) is 29.5 Å². The van der Waals surface area contributed by atoms with Crippen molar-refractivity contribution in [3.63, 3.8) is 0 Å². The van der Waals surface area contributed by atoms with E-state index in [-0.39, 0.29) is 24.8 Å². The maximum Gasteiger partial charge on any atom is 0.236 e. The molecule has 0 spiro atoms. The van der Waals surface area contributed by atoms with Crippen molar-refractivity contribution in [2.24, 2.45) is 0 Å². The van der Waals surface area contributed by atoms with Gasteiger partial charge in [0.25, 0.3) is 0 Å². The number of aromatic nitrogens is 1. The summed E-state index contributed by atoms with van der Waals surface area (Å²) in [6.07, 6.45) is 4.22. The number of halogens is 2. The van der Waals surface area contributed by atoms with E-state index in [1.165, 1.54) is 12.8 Å². The van der Waals surface area contributed by atoms with Crippen LogP contribution in [0, 0.1) is 0 Å². The second-order valence-electron chi connectivity index (χ2n) is 4.96. The van der Waals surface area contributed by atoms with Gasteiger partial charge in [0.05, 0.1) is 10.6 Å². The van der Waals surface area contributed by atoms with Crippen LogP contribution in [0.1, 0.15) is 18.5 Å². The quantitative estimate of drug-likeness (QED) is 0.917. The molecule has 0 unspecified atom stereocenters. The SMILES string of the molecule is CNC1CCN(Cc2coc(-c3cccs3)n2)CC1.Cl.Cl. The molecule has 0 radical (unpaired) electrons. The van der Waals surface area contributed by atoms with E-state index >= 15 is 0 Å². The van der Waals surface area contributed by atoms with Crippen LogP contribution in [0.15, 0.2) is 28.2 Å². The second kappa shape index (κ2) is 8.76. The normalized spacial score (nSPS) is 16.2. The molecule has 2 aromatic heterocycles. The third-order valence-electron chi connectivity index (χ3n) is 3.67. The van der Waals surface area contributed by atoms with Crippen molar-refractivity contribution < 1.29 is 4.42 Å². The lowest BCUT2D eigenvalue weighted by Crippen LogP contribution is -2.40. The summed E-state index contributed by atoms with van der Waals surface area (Å²) in [6.45, 7) is 3.16. The largest absolute Gasteiger partial charge is 0.444 e. The molecule has 1 saturated heterocycles. The first-order chi connectivity index (χ1) is 9.35. The minimum absolute atomic E-state index is 0. The molecule has 1 N–H and O–H groups in total. The number of oxazole rings is 1. The summed E-state index contributed by atoms with van der Waals surface area (Å²) in [5.41, 5.74) is 1.03. The fourth-order valence-electron chi connectivity index (χ4n) is 2.50. The molecule has 0 aromatic carbocycles. The molecular formula is C14H21Cl2N3OS. The van der Waals surface area contributed by atoms with Crippen molar-refractivity contribution in [2.45, 2.75) is 25.4 Å². The third kappa shape index (κ3) is 4.69. The van der Waals surface area contributed by atoms with Gasteiger partial charge >= 0.3 is 0 Å². The molecule has 21 heavy (non-hydrogen) atoms. The fourth-order valence-corrected chi connectivity index (χ4v) is 3.16. The first-order valence-corrected chi connectivity index (χ1v) is 7.61. The average Bonchev–Trinajstić information content (AvgIpc) is 3.10. The molecule has 1 fully saturated rings. The van der Waals surface area contributed by atoms with E-state index in [1.807, 2.05) is 24.6 Å². The van der Waals surface area contributed by atoms with Gasteiger partial charge in [-0.2, -0.15) is 0 Å². The summed E-state index contributed by atoms with van der Waals surface area (Å²) in [4.78, 5) is 8.12. The molecule has 7 heteroatoms. The first-order valence-electron chi connectivity index (χ1n) is 6.73. The maximum absolute atomic E-state index is 5.55. The van der Waals surface area contributed by atoms with Crippen molar-refractivity contribution in [2.75, 3.05) is 20.1 Å². The van der Waals surface area contributed by atoms with Crippen LogP contribution >= 0.6 is 36.2 Å². The zero-order chi connectivity index (χ0) is 13.1. The third-order valence-corrected chi connectivity index (χ3v) is 4.52. The zero-order valence-corrected chi connectivity index (χ0v) is 14.4. The van der Waals surface area contributed by atoms with Crippen molar-refractivity contribution in [3.8, 4) is 10.8 Å². The molecule has 4 nitrogen and oxygen atoms in total. The standard InChI is InChI=1S/C14H19N3OS.2ClH/c1-15-11-4-6-17(7-5-11)9-12-10-18-14(16-12)13-3-2-8-19-13;;/h2-3,8,10-11,15H,4-7,9H2,1H3;2*1H. The van der Waals surface area contributed by atoms with Gasteiger partial charge in [0.2, 0.25) is 5.89 Å². The van der Waals surface area contributed by atoms with Gasteiger partial charge in [-0.05, 0) is 31.3 Å². The number of likely N-dealkylation sites (tertiary alicyclic amines) is 1. The van der Waals surface area contributed by atoms with Gasteiger partial charge < -0.3 is 9.73 Å². The van der Waals surface area contributed by atoms with E-state index in [0.717, 1.165) is 36.1 Å². The molecule has 0 bridgehead atoms. The molecule has 2 aromatic rings. The smallest absolute Gasteiger partial charge is 0.236 e. The van der Waals surface area contributed by atoms with E-state index in [1.54, 1.807) is 17.6 Å². The Balaban J connectivity index is 0.00000110. The topological polar surface area (TPSA) is 41.3 Å². The van der Waals surface area contributed by atoms with E-state index in [0.29, 0.717) is 6.04 Å². The molecule has 0 atom stereocenters. The zero-order valence-electron chi connectivity index (χ0n) is 11.9. The Bertz CT molecular complexity index is 510. The lowest BCUT2D eigenvalue weighted by Gasteiger charge is -2.30. The van der Waals surface area contributed by atoms with Gasteiger partial charge in [0.1, 0.15) is 6.26 Å². The van der Waals surface area contributed by atoms with Crippen LogP contribution in [0.3, 0.4) is 0 Å². The lowest BCUT2D eigenvalue weighted by molar-refractivity contribution is 0.192. The van der Waals surface area contributed by atoms with Crippen molar-refractivity contribution in [1.82, 2.24) is 15.2 Å². The number of hydrogen-bond acceptors (Lipinski definition) is 5. The van der Waals surface area contributed by atoms with E-state index < -0.39 is 0 Å². The maximum atomic E-state index is 5.55. The van der Waals surface area contributed by atoms with Gasteiger partial charge in [-0.25, -0.2) is 4.98 Å². The van der Waals surface area contributed by atoms with Crippen LogP contribution in [0.4, 0.5) is 0 Å². The molecule has 3 rings (SSSR count). The Kier molecular flexibility index (Phi) is 7.70. The van der Waals surface area contributed by atoms with Gasteiger partial charge in [-0.1, -0.05) is 6.07 Å².